The van der Waals surface area contributed by atoms with Gasteiger partial charge in [0.15, 0.2) is 0 Å². The van der Waals surface area contributed by atoms with E-state index in [9.17, 15) is 19.8 Å². The number of hydrogen-bond donors (Lipinski definition) is 3. The number of phenolic OH excluding ortho intramolecular Hbond substituents is 2. The Morgan fingerprint density at radius 2 is 2.00 bits per heavy atom. The van der Waals surface area contributed by atoms with Gasteiger partial charge in [-0.25, -0.2) is 0 Å². The molecule has 2 amide bonds. The summed E-state index contributed by atoms with van der Waals surface area (Å²) in [4.78, 5) is 24.4. The van der Waals surface area contributed by atoms with Crippen LogP contribution >= 0.6 is 0 Å². The van der Waals surface area contributed by atoms with Gasteiger partial charge in [0.05, 0.1) is 11.4 Å². The average Bonchev–Trinajstić information content (AvgIpc) is 2.29. The molecule has 3 N–H and O–H groups in total. The van der Waals surface area contributed by atoms with E-state index in [4.69, 9.17) is 0 Å². The number of aromatic hydroxyl groups is 2. The maximum Gasteiger partial charge on any atom is 0.227 e. The number of nitrogens with zero attached hydrogens (tertiary/aromatic N) is 1. The highest BCUT2D eigenvalue weighted by atomic mass is 16.3. The Hall–Kier alpha value is -2.24. The summed E-state index contributed by atoms with van der Waals surface area (Å²) in [6, 6.07) is 1.25. The zero-order valence-corrected chi connectivity index (χ0v) is 11.9. The van der Waals surface area contributed by atoms with E-state index in [1.807, 2.05) is 13.8 Å². The van der Waals surface area contributed by atoms with E-state index in [0.717, 1.165) is 0 Å². The van der Waals surface area contributed by atoms with Crippen molar-refractivity contribution in [3.8, 4) is 11.5 Å². The summed E-state index contributed by atoms with van der Waals surface area (Å²) in [7, 11) is 1.55. The molecule has 0 aromatic heterocycles. The third kappa shape index (κ3) is 2.07. The Morgan fingerprint density at radius 3 is 2.55 bits per heavy atom. The topological polar surface area (TPSA) is 89.9 Å². The lowest BCUT2D eigenvalue weighted by molar-refractivity contribution is -0.120. The number of fused-ring (bicyclic) bond motifs is 1. The van der Waals surface area contributed by atoms with Crippen molar-refractivity contribution < 1.29 is 19.8 Å². The van der Waals surface area contributed by atoms with Crippen molar-refractivity contribution in [2.75, 3.05) is 17.3 Å². The van der Waals surface area contributed by atoms with Gasteiger partial charge in [0.25, 0.3) is 0 Å². The molecule has 0 fully saturated rings. The molecule has 20 heavy (non-hydrogen) atoms. The molecule has 1 aliphatic heterocycles. The predicted molar refractivity (Wildman–Crippen MR) is 75.1 cm³/mol. The third-order valence-corrected chi connectivity index (χ3v) is 3.54. The third-order valence-electron chi connectivity index (χ3n) is 3.54. The number of nitrogens with one attached hydrogen (secondary N) is 1. The Labute approximate surface area is 117 Å². The second-order valence-electron chi connectivity index (χ2n) is 5.71. The SMILES string of the molecule is CC(=O)Nc1cc(O)c2c(c1O)C(C)(C)CC(=O)N2C. The van der Waals surface area contributed by atoms with Crippen molar-refractivity contribution in [3.05, 3.63) is 11.6 Å². The standard InChI is InChI=1S/C14H18N2O4/c1-7(17)15-8-5-9(18)12-11(13(8)20)14(2,3)6-10(19)16(12)4/h5,18,20H,6H2,1-4H3,(H,15,17). The first-order chi connectivity index (χ1) is 9.15. The fourth-order valence-corrected chi connectivity index (χ4v) is 2.62. The van der Waals surface area contributed by atoms with Gasteiger partial charge in [-0.05, 0) is 0 Å². The van der Waals surface area contributed by atoms with E-state index in [0.29, 0.717) is 5.56 Å². The van der Waals surface area contributed by atoms with E-state index in [1.54, 1.807) is 7.05 Å². The average molecular weight is 278 g/mol. The molecule has 0 unspecified atom stereocenters. The van der Waals surface area contributed by atoms with Crippen molar-refractivity contribution in [3.63, 3.8) is 0 Å². The van der Waals surface area contributed by atoms with Crippen LogP contribution in [-0.4, -0.2) is 29.1 Å². The van der Waals surface area contributed by atoms with Gasteiger partial charge in [-0.1, -0.05) is 13.8 Å². The molecule has 1 heterocycles. The second kappa shape index (κ2) is 4.40. The van der Waals surface area contributed by atoms with E-state index in [2.05, 4.69) is 5.32 Å². The van der Waals surface area contributed by atoms with Crippen LogP contribution in [0.25, 0.3) is 0 Å². The molecule has 0 bridgehead atoms. The number of carbonyl (C=O) groups is 2. The Kier molecular flexibility index (Phi) is 3.12. The van der Waals surface area contributed by atoms with Crippen molar-refractivity contribution >= 4 is 23.2 Å². The summed E-state index contributed by atoms with van der Waals surface area (Å²) < 4.78 is 0. The number of carbonyl (C=O) groups excluding carboxylic acids is 2. The number of anilines is 2. The van der Waals surface area contributed by atoms with Gasteiger partial charge in [-0.15, -0.1) is 0 Å². The van der Waals surface area contributed by atoms with Crippen LogP contribution in [0.15, 0.2) is 6.07 Å². The highest BCUT2D eigenvalue weighted by Gasteiger charge is 2.40. The molecule has 0 saturated carbocycles. The minimum Gasteiger partial charge on any atom is -0.506 e. The highest BCUT2D eigenvalue weighted by molar-refractivity contribution is 6.02. The van der Waals surface area contributed by atoms with Crippen LogP contribution < -0.4 is 10.2 Å². The molecule has 0 saturated heterocycles. The quantitative estimate of drug-likeness (QED) is 0.538. The van der Waals surface area contributed by atoms with Crippen LogP contribution in [-0.2, 0) is 15.0 Å². The van der Waals surface area contributed by atoms with Gasteiger partial charge in [0.1, 0.15) is 11.5 Å². The van der Waals surface area contributed by atoms with Gasteiger partial charge < -0.3 is 20.4 Å². The minimum absolute atomic E-state index is 0.114. The molecule has 0 radical (unpaired) electrons. The van der Waals surface area contributed by atoms with Gasteiger partial charge in [0.2, 0.25) is 11.8 Å². The van der Waals surface area contributed by atoms with Crippen LogP contribution in [0.4, 0.5) is 11.4 Å². The number of phenols is 2. The van der Waals surface area contributed by atoms with Crippen LogP contribution in [0.5, 0.6) is 11.5 Å². The molecule has 1 aliphatic rings. The van der Waals surface area contributed by atoms with E-state index >= 15 is 0 Å². The zero-order chi connectivity index (χ0) is 15.2. The first-order valence-electron chi connectivity index (χ1n) is 6.28. The van der Waals surface area contributed by atoms with Crippen LogP contribution in [0.3, 0.4) is 0 Å². The van der Waals surface area contributed by atoms with Gasteiger partial charge in [-0.2, -0.15) is 0 Å². The molecule has 6 nitrogen and oxygen atoms in total. The van der Waals surface area contributed by atoms with E-state index in [1.165, 1.54) is 17.9 Å². The lowest BCUT2D eigenvalue weighted by Crippen LogP contribution is -2.39. The van der Waals surface area contributed by atoms with Crippen molar-refractivity contribution in [2.24, 2.45) is 0 Å². The smallest absolute Gasteiger partial charge is 0.227 e. The number of amides is 2. The Morgan fingerprint density at radius 1 is 1.40 bits per heavy atom. The van der Waals surface area contributed by atoms with Crippen LogP contribution in [0.2, 0.25) is 0 Å². The maximum atomic E-state index is 12.0. The molecular weight excluding hydrogens is 260 g/mol. The molecular formula is C14H18N2O4. The number of rotatable bonds is 1. The Balaban J connectivity index is 2.74. The lowest BCUT2D eigenvalue weighted by atomic mass is 9.76. The molecule has 1 aromatic rings. The summed E-state index contributed by atoms with van der Waals surface area (Å²) >= 11 is 0. The predicted octanol–water partition coefficient (Wildman–Crippen LogP) is 1.70. The molecule has 0 spiro atoms. The maximum absolute atomic E-state index is 12.0. The molecule has 2 rings (SSSR count). The second-order valence-corrected chi connectivity index (χ2v) is 5.71. The summed E-state index contributed by atoms with van der Waals surface area (Å²) in [5, 5.41) is 23.0. The van der Waals surface area contributed by atoms with Gasteiger partial charge in [0, 0.05) is 37.4 Å². The number of hydrogen-bond acceptors (Lipinski definition) is 4. The first-order valence-corrected chi connectivity index (χ1v) is 6.28. The van der Waals surface area contributed by atoms with Gasteiger partial charge >= 0.3 is 0 Å². The summed E-state index contributed by atoms with van der Waals surface area (Å²) in [6.07, 6.45) is 0.215. The summed E-state index contributed by atoms with van der Waals surface area (Å²) in [5.41, 5.74) is 0.264. The molecule has 0 aliphatic carbocycles. The van der Waals surface area contributed by atoms with Crippen molar-refractivity contribution in [2.45, 2.75) is 32.6 Å². The molecule has 0 atom stereocenters. The summed E-state index contributed by atoms with van der Waals surface area (Å²) in [5.74, 6) is -0.746. The van der Waals surface area contributed by atoms with E-state index < -0.39 is 5.41 Å². The van der Waals surface area contributed by atoms with Crippen LogP contribution in [0, 0.1) is 0 Å². The van der Waals surface area contributed by atoms with Crippen molar-refractivity contribution in [1.29, 1.82) is 0 Å². The number of benzene rings is 1. The fraction of sp³-hybridized carbons (Fsp3) is 0.429. The highest BCUT2D eigenvalue weighted by Crippen LogP contribution is 2.51. The first kappa shape index (κ1) is 14.2. The monoisotopic (exact) mass is 278 g/mol. The van der Waals surface area contributed by atoms with Crippen LogP contribution in [0.1, 0.15) is 32.8 Å². The minimum atomic E-state index is -0.630. The fourth-order valence-electron chi connectivity index (χ4n) is 2.62. The van der Waals surface area contributed by atoms with Crippen molar-refractivity contribution in [1.82, 2.24) is 0 Å². The molecule has 108 valence electrons. The Bertz CT molecular complexity index is 608. The zero-order valence-electron chi connectivity index (χ0n) is 11.9. The molecule has 1 aromatic carbocycles. The normalized spacial score (nSPS) is 16.8. The lowest BCUT2D eigenvalue weighted by Gasteiger charge is -2.38. The van der Waals surface area contributed by atoms with Gasteiger partial charge in [-0.3, -0.25) is 9.59 Å². The van der Waals surface area contributed by atoms with E-state index in [-0.39, 0.29) is 41.1 Å². The largest absolute Gasteiger partial charge is 0.506 e. The molecule has 6 heteroatoms. The summed E-state index contributed by atoms with van der Waals surface area (Å²) in [6.45, 7) is 4.94.